The Bertz CT molecular complexity index is 834. The van der Waals surface area contributed by atoms with Gasteiger partial charge in [0.05, 0.1) is 13.5 Å². The van der Waals surface area contributed by atoms with Crippen LogP contribution in [0.5, 0.6) is 0 Å². The zero-order chi connectivity index (χ0) is 24.4. The molecule has 0 radical (unpaired) electrons. The Morgan fingerprint density at radius 3 is 2.42 bits per heavy atom. The summed E-state index contributed by atoms with van der Waals surface area (Å²) in [5.41, 5.74) is 6.50. The number of rotatable bonds is 12. The van der Waals surface area contributed by atoms with E-state index in [0.717, 1.165) is 32.2 Å². The fourth-order valence-corrected chi connectivity index (χ4v) is 5.26. The van der Waals surface area contributed by atoms with Gasteiger partial charge in [0.15, 0.2) is 0 Å². The molecule has 0 saturated carbocycles. The second-order valence-corrected chi connectivity index (χ2v) is 9.65. The highest BCUT2D eigenvalue weighted by Crippen LogP contribution is 2.35. The highest BCUT2D eigenvalue weighted by Gasteiger charge is 2.43. The van der Waals surface area contributed by atoms with Crippen LogP contribution in [0.25, 0.3) is 0 Å². The van der Waals surface area contributed by atoms with Gasteiger partial charge in [-0.1, -0.05) is 50.5 Å². The molecule has 1 heterocycles. The molecule has 3 atom stereocenters. The van der Waals surface area contributed by atoms with Crippen LogP contribution in [0.15, 0.2) is 24.3 Å². The number of thiocarbonyl (C=S) groups is 1. The van der Waals surface area contributed by atoms with Gasteiger partial charge in [0, 0.05) is 30.3 Å². The van der Waals surface area contributed by atoms with Crippen molar-refractivity contribution in [3.8, 4) is 0 Å². The zero-order valence-corrected chi connectivity index (χ0v) is 21.1. The molecule has 3 unspecified atom stereocenters. The first kappa shape index (κ1) is 27.1. The van der Waals surface area contributed by atoms with Crippen LogP contribution in [0.1, 0.15) is 61.9 Å². The Kier molecular flexibility index (Phi) is 11.1. The topological polar surface area (TPSA) is 114 Å². The van der Waals surface area contributed by atoms with Crippen LogP contribution in [0, 0.1) is 0 Å². The number of thioether (sulfide) groups is 1. The van der Waals surface area contributed by atoms with Gasteiger partial charge in [-0.2, -0.15) is 0 Å². The second-order valence-electron chi connectivity index (χ2n) is 7.98. The minimum Gasteiger partial charge on any atom is -0.469 e. The first-order chi connectivity index (χ1) is 15.8. The second kappa shape index (κ2) is 13.5. The molecular formula is C23H34N4O4S2. The van der Waals surface area contributed by atoms with E-state index in [1.54, 1.807) is 24.3 Å². The van der Waals surface area contributed by atoms with Crippen LogP contribution in [-0.2, 0) is 14.3 Å². The molecule has 0 bridgehead atoms. The van der Waals surface area contributed by atoms with Crippen molar-refractivity contribution < 1.29 is 19.1 Å². The summed E-state index contributed by atoms with van der Waals surface area (Å²) < 4.78 is 4.62. The van der Waals surface area contributed by atoms with Gasteiger partial charge in [0.1, 0.15) is 15.7 Å². The van der Waals surface area contributed by atoms with E-state index < -0.39 is 0 Å². The maximum atomic E-state index is 12.9. The normalized spacial score (nSPS) is 20.3. The summed E-state index contributed by atoms with van der Waals surface area (Å²) in [6, 6.07) is 6.76. The number of unbranched alkanes of at least 4 members (excludes halogenated alkanes) is 3. The molecule has 0 spiro atoms. The van der Waals surface area contributed by atoms with E-state index in [0.29, 0.717) is 11.1 Å². The summed E-state index contributed by atoms with van der Waals surface area (Å²) in [4.78, 5) is 39.5. The molecule has 8 nitrogen and oxygen atoms in total. The summed E-state index contributed by atoms with van der Waals surface area (Å²) in [5.74, 6) is -0.737. The molecule has 2 amide bonds. The van der Waals surface area contributed by atoms with Gasteiger partial charge < -0.3 is 21.1 Å². The fourth-order valence-electron chi connectivity index (χ4n) is 3.63. The van der Waals surface area contributed by atoms with Gasteiger partial charge in [-0.3, -0.25) is 19.3 Å². The first-order valence-corrected chi connectivity index (χ1v) is 12.6. The monoisotopic (exact) mass is 494 g/mol. The van der Waals surface area contributed by atoms with Crippen molar-refractivity contribution in [3.05, 3.63) is 35.4 Å². The largest absolute Gasteiger partial charge is 0.469 e. The van der Waals surface area contributed by atoms with Crippen LogP contribution in [-0.4, -0.2) is 64.7 Å². The third-order valence-electron chi connectivity index (χ3n) is 5.61. The van der Waals surface area contributed by atoms with Crippen molar-refractivity contribution in [2.24, 2.45) is 5.73 Å². The number of nitrogens with zero attached hydrogens (tertiary/aromatic N) is 1. The summed E-state index contributed by atoms with van der Waals surface area (Å²) >= 11 is 6.39. The molecule has 0 aromatic heterocycles. The standard InChI is InChI=1S/C23H34N4O4S2/c1-4-5-6-7-14-27-15(2)19(22(30)25-13-12-18(28)31-3)33-23(27)26-21(29)17-10-8-16(9-11-17)20(24)32/h8-11,15,19,23H,4-7,12-14H2,1-3H3,(H2,24,32)(H,25,30)(H,26,29). The first-order valence-electron chi connectivity index (χ1n) is 11.2. The number of methoxy groups -OCH3 is 1. The molecule has 4 N–H and O–H groups in total. The van der Waals surface area contributed by atoms with Gasteiger partial charge in [0.25, 0.3) is 5.91 Å². The fraction of sp³-hybridized carbons (Fsp3) is 0.565. The maximum absolute atomic E-state index is 12.9. The minimum absolute atomic E-state index is 0.0722. The van der Waals surface area contributed by atoms with Gasteiger partial charge >= 0.3 is 5.97 Å². The van der Waals surface area contributed by atoms with Crippen LogP contribution < -0.4 is 16.4 Å². The third kappa shape index (κ3) is 7.97. The molecule has 1 aliphatic rings. The molecule has 33 heavy (non-hydrogen) atoms. The molecule has 1 saturated heterocycles. The number of hydrogen-bond donors (Lipinski definition) is 3. The van der Waals surface area contributed by atoms with Gasteiger partial charge in [0.2, 0.25) is 5.91 Å². The van der Waals surface area contributed by atoms with Crippen LogP contribution in [0.2, 0.25) is 0 Å². The molecule has 1 aromatic carbocycles. The molecule has 1 fully saturated rings. The summed E-state index contributed by atoms with van der Waals surface area (Å²) in [5, 5.41) is 5.52. The number of hydrogen-bond acceptors (Lipinski definition) is 7. The number of carbonyl (C=O) groups excluding carboxylic acids is 3. The van der Waals surface area contributed by atoms with Crippen molar-refractivity contribution in [2.75, 3.05) is 20.2 Å². The number of carbonyl (C=O) groups is 3. The molecular weight excluding hydrogens is 460 g/mol. The Morgan fingerprint density at radius 1 is 1.15 bits per heavy atom. The lowest BCUT2D eigenvalue weighted by molar-refractivity contribution is -0.140. The molecule has 1 aromatic rings. The zero-order valence-electron chi connectivity index (χ0n) is 19.5. The highest BCUT2D eigenvalue weighted by atomic mass is 32.2. The Labute approximate surface area is 205 Å². The predicted octanol–water partition coefficient (Wildman–Crippen LogP) is 2.40. The number of benzene rings is 1. The van der Waals surface area contributed by atoms with E-state index >= 15 is 0 Å². The predicted molar refractivity (Wildman–Crippen MR) is 135 cm³/mol. The SMILES string of the molecule is CCCCCCN1C(NC(=O)c2ccc(C(N)=S)cc2)SC(C(=O)NCCC(=O)OC)C1C. The van der Waals surface area contributed by atoms with E-state index in [2.05, 4.69) is 27.2 Å². The van der Waals surface area contributed by atoms with Crippen molar-refractivity contribution in [2.45, 2.75) is 62.7 Å². The van der Waals surface area contributed by atoms with E-state index in [1.807, 2.05) is 6.92 Å². The van der Waals surface area contributed by atoms with Gasteiger partial charge in [-0.05, 0) is 25.5 Å². The summed E-state index contributed by atoms with van der Waals surface area (Å²) in [6.07, 6.45) is 4.50. The van der Waals surface area contributed by atoms with Crippen molar-refractivity contribution in [3.63, 3.8) is 0 Å². The van der Waals surface area contributed by atoms with Crippen LogP contribution in [0.4, 0.5) is 0 Å². The Hall–Kier alpha value is -2.17. The maximum Gasteiger partial charge on any atom is 0.307 e. The number of nitrogens with two attached hydrogens (primary N) is 1. The van der Waals surface area contributed by atoms with Gasteiger partial charge in [-0.15, -0.1) is 11.8 Å². The van der Waals surface area contributed by atoms with Crippen LogP contribution >= 0.6 is 24.0 Å². The smallest absolute Gasteiger partial charge is 0.307 e. The Morgan fingerprint density at radius 2 is 1.82 bits per heavy atom. The quantitative estimate of drug-likeness (QED) is 0.231. The minimum atomic E-state index is -0.369. The van der Waals surface area contributed by atoms with Crippen molar-refractivity contribution >= 4 is 46.8 Å². The average molecular weight is 495 g/mol. The lowest BCUT2D eigenvalue weighted by Gasteiger charge is -2.28. The van der Waals surface area contributed by atoms with Crippen molar-refractivity contribution in [1.82, 2.24) is 15.5 Å². The van der Waals surface area contributed by atoms with Crippen LogP contribution in [0.3, 0.4) is 0 Å². The van der Waals surface area contributed by atoms with Gasteiger partial charge in [-0.25, -0.2) is 0 Å². The number of amides is 2. The highest BCUT2D eigenvalue weighted by molar-refractivity contribution is 8.01. The molecule has 182 valence electrons. The lowest BCUT2D eigenvalue weighted by atomic mass is 10.1. The Balaban J connectivity index is 2.06. The van der Waals surface area contributed by atoms with E-state index in [9.17, 15) is 14.4 Å². The molecule has 1 aliphatic heterocycles. The summed E-state index contributed by atoms with van der Waals surface area (Å²) in [7, 11) is 1.32. The number of nitrogens with one attached hydrogen (secondary N) is 2. The lowest BCUT2D eigenvalue weighted by Crippen LogP contribution is -2.47. The summed E-state index contributed by atoms with van der Waals surface area (Å²) in [6.45, 7) is 5.17. The molecule has 10 heteroatoms. The number of ether oxygens (including phenoxy) is 1. The van der Waals surface area contributed by atoms with Crippen molar-refractivity contribution in [1.29, 1.82) is 0 Å². The third-order valence-corrected chi connectivity index (χ3v) is 7.39. The molecule has 0 aliphatic carbocycles. The number of esters is 1. The average Bonchev–Trinajstić information content (AvgIpc) is 3.11. The van der Waals surface area contributed by atoms with E-state index in [4.69, 9.17) is 18.0 Å². The van der Waals surface area contributed by atoms with E-state index in [1.165, 1.54) is 18.9 Å². The van der Waals surface area contributed by atoms with E-state index in [-0.39, 0.29) is 52.5 Å². The molecule has 2 rings (SSSR count).